The molecule has 5 heteroatoms. The van der Waals surface area contributed by atoms with Crippen LogP contribution in [0.2, 0.25) is 0 Å². The smallest absolute Gasteiger partial charge is 0.251 e. The Morgan fingerprint density at radius 2 is 2.28 bits per heavy atom. The van der Waals surface area contributed by atoms with Crippen molar-refractivity contribution < 1.29 is 13.9 Å². The van der Waals surface area contributed by atoms with Gasteiger partial charge >= 0.3 is 0 Å². The second-order valence-electron chi connectivity index (χ2n) is 4.66. The molecule has 0 spiro atoms. The fourth-order valence-electron chi connectivity index (χ4n) is 2.10. The third kappa shape index (κ3) is 2.79. The van der Waals surface area contributed by atoms with Gasteiger partial charge in [-0.05, 0) is 37.0 Å². The molecule has 0 atom stereocenters. The lowest BCUT2D eigenvalue weighted by Gasteiger charge is -2.32. The summed E-state index contributed by atoms with van der Waals surface area (Å²) in [4.78, 5) is 11.8. The predicted octanol–water partition coefficient (Wildman–Crippen LogP) is 1.30. The summed E-state index contributed by atoms with van der Waals surface area (Å²) in [6, 6.07) is 4.44. The molecule has 0 aliphatic heterocycles. The lowest BCUT2D eigenvalue weighted by molar-refractivity contribution is 0.0935. The lowest BCUT2D eigenvalue weighted by atomic mass is 9.81. The predicted molar refractivity (Wildman–Crippen MR) is 66.0 cm³/mol. The van der Waals surface area contributed by atoms with Gasteiger partial charge in [0.05, 0.1) is 7.11 Å². The molecule has 1 amide bonds. The van der Waals surface area contributed by atoms with Gasteiger partial charge in [0.1, 0.15) is 0 Å². The van der Waals surface area contributed by atoms with Crippen molar-refractivity contribution in [2.45, 2.75) is 18.9 Å². The summed E-state index contributed by atoms with van der Waals surface area (Å²) in [6.45, 7) is 0.597. The van der Waals surface area contributed by atoms with E-state index < -0.39 is 5.82 Å². The number of carbonyl (C=O) groups is 1. The van der Waals surface area contributed by atoms with Crippen LogP contribution in [0.1, 0.15) is 23.2 Å². The summed E-state index contributed by atoms with van der Waals surface area (Å²) in [5, 5.41) is 2.78. The Hall–Kier alpha value is -1.62. The first-order valence-corrected chi connectivity index (χ1v) is 5.97. The van der Waals surface area contributed by atoms with Gasteiger partial charge in [0, 0.05) is 18.2 Å². The van der Waals surface area contributed by atoms with Gasteiger partial charge in [-0.1, -0.05) is 0 Å². The van der Waals surface area contributed by atoms with Gasteiger partial charge in [0.15, 0.2) is 11.6 Å². The molecule has 98 valence electrons. The van der Waals surface area contributed by atoms with Gasteiger partial charge in [-0.15, -0.1) is 0 Å². The maximum Gasteiger partial charge on any atom is 0.251 e. The zero-order chi connectivity index (χ0) is 13.1. The van der Waals surface area contributed by atoms with Gasteiger partial charge in [-0.25, -0.2) is 4.39 Å². The number of hydrogen-bond acceptors (Lipinski definition) is 3. The summed E-state index contributed by atoms with van der Waals surface area (Å²) in [7, 11) is 1.39. The van der Waals surface area contributed by atoms with Crippen molar-refractivity contribution in [3.63, 3.8) is 0 Å². The second kappa shape index (κ2) is 5.35. The standard InChI is InChI=1S/C13H17FN2O2/c1-18-12-3-2-9(6-11(12)14)13(17)16-7-8-4-10(15)5-8/h2-3,6,8,10H,4-5,7,15H2,1H3,(H,16,17). The first kappa shape index (κ1) is 12.8. The third-order valence-corrected chi connectivity index (χ3v) is 3.24. The van der Waals surface area contributed by atoms with E-state index >= 15 is 0 Å². The lowest BCUT2D eigenvalue weighted by Crippen LogP contribution is -2.42. The van der Waals surface area contributed by atoms with Crippen LogP contribution < -0.4 is 15.8 Å². The van der Waals surface area contributed by atoms with Crippen LogP contribution in [0.5, 0.6) is 5.75 Å². The number of methoxy groups -OCH3 is 1. The van der Waals surface area contributed by atoms with E-state index in [2.05, 4.69) is 5.32 Å². The monoisotopic (exact) mass is 252 g/mol. The Bertz CT molecular complexity index is 445. The number of hydrogen-bond donors (Lipinski definition) is 2. The summed E-state index contributed by atoms with van der Waals surface area (Å²) < 4.78 is 18.2. The SMILES string of the molecule is COc1ccc(C(=O)NCC2CC(N)C2)cc1F. The number of ether oxygens (including phenoxy) is 1. The number of amides is 1. The fourth-order valence-corrected chi connectivity index (χ4v) is 2.10. The van der Waals surface area contributed by atoms with E-state index in [1.807, 2.05) is 0 Å². The molecular weight excluding hydrogens is 235 g/mol. The molecule has 18 heavy (non-hydrogen) atoms. The second-order valence-corrected chi connectivity index (χ2v) is 4.66. The van der Waals surface area contributed by atoms with E-state index in [1.165, 1.54) is 19.2 Å². The zero-order valence-electron chi connectivity index (χ0n) is 10.3. The molecule has 4 nitrogen and oxygen atoms in total. The maximum atomic E-state index is 13.4. The quantitative estimate of drug-likeness (QED) is 0.849. The van der Waals surface area contributed by atoms with Gasteiger partial charge in [-0.2, -0.15) is 0 Å². The number of halogens is 1. The minimum absolute atomic E-state index is 0.136. The Morgan fingerprint density at radius 3 is 2.83 bits per heavy atom. The number of nitrogens with one attached hydrogen (secondary N) is 1. The highest BCUT2D eigenvalue weighted by Gasteiger charge is 2.26. The molecule has 0 saturated heterocycles. The highest BCUT2D eigenvalue weighted by molar-refractivity contribution is 5.94. The van der Waals surface area contributed by atoms with Crippen LogP contribution >= 0.6 is 0 Å². The van der Waals surface area contributed by atoms with Crippen molar-refractivity contribution in [3.8, 4) is 5.75 Å². The van der Waals surface area contributed by atoms with Crippen LogP contribution in [-0.4, -0.2) is 25.6 Å². The van der Waals surface area contributed by atoms with E-state index in [0.717, 1.165) is 12.8 Å². The normalized spacial score (nSPS) is 22.2. The third-order valence-electron chi connectivity index (χ3n) is 3.24. The molecular formula is C13H17FN2O2. The van der Waals surface area contributed by atoms with E-state index in [4.69, 9.17) is 10.5 Å². The molecule has 1 aliphatic rings. The Balaban J connectivity index is 1.90. The van der Waals surface area contributed by atoms with Gasteiger partial charge in [-0.3, -0.25) is 4.79 Å². The molecule has 0 bridgehead atoms. The van der Waals surface area contributed by atoms with Crippen molar-refractivity contribution in [2.75, 3.05) is 13.7 Å². The molecule has 0 radical (unpaired) electrons. The van der Waals surface area contributed by atoms with Crippen molar-refractivity contribution >= 4 is 5.91 Å². The number of carbonyl (C=O) groups excluding carboxylic acids is 1. The molecule has 0 heterocycles. The molecule has 0 aromatic heterocycles. The molecule has 0 unspecified atom stereocenters. The highest BCUT2D eigenvalue weighted by atomic mass is 19.1. The van der Waals surface area contributed by atoms with Crippen LogP contribution in [0, 0.1) is 11.7 Å². The average molecular weight is 252 g/mol. The average Bonchev–Trinajstić information content (AvgIpc) is 2.32. The van der Waals surface area contributed by atoms with Crippen LogP contribution in [-0.2, 0) is 0 Å². The van der Waals surface area contributed by atoms with E-state index in [9.17, 15) is 9.18 Å². The van der Waals surface area contributed by atoms with Gasteiger partial charge in [0.25, 0.3) is 5.91 Å². The minimum atomic E-state index is -0.532. The zero-order valence-corrected chi connectivity index (χ0v) is 10.3. The Labute approximate surface area is 105 Å². The van der Waals surface area contributed by atoms with Crippen molar-refractivity contribution in [1.82, 2.24) is 5.32 Å². The van der Waals surface area contributed by atoms with E-state index in [0.29, 0.717) is 18.0 Å². The van der Waals surface area contributed by atoms with E-state index in [1.54, 1.807) is 6.07 Å². The van der Waals surface area contributed by atoms with Crippen molar-refractivity contribution in [3.05, 3.63) is 29.6 Å². The molecule has 1 fully saturated rings. The summed E-state index contributed by atoms with van der Waals surface area (Å²) in [5.74, 6) is -0.212. The van der Waals surface area contributed by atoms with Crippen LogP contribution in [0.25, 0.3) is 0 Å². The first-order chi connectivity index (χ1) is 8.60. The number of rotatable bonds is 4. The minimum Gasteiger partial charge on any atom is -0.494 e. The Morgan fingerprint density at radius 1 is 1.56 bits per heavy atom. The van der Waals surface area contributed by atoms with Gasteiger partial charge in [0.2, 0.25) is 0 Å². The summed E-state index contributed by atoms with van der Waals surface area (Å²) >= 11 is 0. The van der Waals surface area contributed by atoms with E-state index in [-0.39, 0.29) is 17.7 Å². The van der Waals surface area contributed by atoms with Crippen molar-refractivity contribution in [2.24, 2.45) is 11.7 Å². The fraction of sp³-hybridized carbons (Fsp3) is 0.462. The Kier molecular flexibility index (Phi) is 3.81. The topological polar surface area (TPSA) is 64.3 Å². The first-order valence-electron chi connectivity index (χ1n) is 5.97. The van der Waals surface area contributed by atoms with Gasteiger partial charge < -0.3 is 15.8 Å². The molecule has 2 rings (SSSR count). The molecule has 1 saturated carbocycles. The highest BCUT2D eigenvalue weighted by Crippen LogP contribution is 2.24. The molecule has 1 aromatic carbocycles. The number of nitrogens with two attached hydrogens (primary N) is 1. The number of benzene rings is 1. The van der Waals surface area contributed by atoms with Crippen LogP contribution in [0.3, 0.4) is 0 Å². The van der Waals surface area contributed by atoms with Crippen LogP contribution in [0.15, 0.2) is 18.2 Å². The maximum absolute atomic E-state index is 13.4. The summed E-state index contributed by atoms with van der Waals surface area (Å²) in [5.41, 5.74) is 5.96. The van der Waals surface area contributed by atoms with Crippen molar-refractivity contribution in [1.29, 1.82) is 0 Å². The molecule has 3 N–H and O–H groups in total. The largest absolute Gasteiger partial charge is 0.494 e. The van der Waals surface area contributed by atoms with Crippen LogP contribution in [0.4, 0.5) is 4.39 Å². The summed E-state index contributed by atoms with van der Waals surface area (Å²) in [6.07, 6.45) is 1.88. The molecule has 1 aromatic rings. The molecule has 1 aliphatic carbocycles.